The summed E-state index contributed by atoms with van der Waals surface area (Å²) >= 11 is 3.25. The summed E-state index contributed by atoms with van der Waals surface area (Å²) in [4.78, 5) is 12.0. The van der Waals surface area contributed by atoms with E-state index >= 15 is 0 Å². The van der Waals surface area contributed by atoms with Crippen LogP contribution in [-0.2, 0) is 6.42 Å². The second-order valence-electron chi connectivity index (χ2n) is 3.89. The first-order valence-electron chi connectivity index (χ1n) is 5.32. The van der Waals surface area contributed by atoms with E-state index in [0.717, 1.165) is 4.47 Å². The Morgan fingerprint density at radius 3 is 2.50 bits per heavy atom. The van der Waals surface area contributed by atoms with Gasteiger partial charge in [0.25, 0.3) is 0 Å². The van der Waals surface area contributed by atoms with Crippen LogP contribution in [-0.4, -0.2) is 10.9 Å². The van der Waals surface area contributed by atoms with Crippen LogP contribution in [0, 0.1) is 5.82 Å². The Morgan fingerprint density at radius 2 is 1.83 bits per heavy atom. The quantitative estimate of drug-likeness (QED) is 0.877. The summed E-state index contributed by atoms with van der Waals surface area (Å²) in [6, 6.07) is 10.4. The van der Waals surface area contributed by atoms with Crippen molar-refractivity contribution >= 4 is 21.7 Å². The monoisotopic (exact) mass is 308 g/mol. The lowest BCUT2D eigenvalue weighted by Gasteiger charge is -2.04. The molecule has 2 aromatic rings. The third-order valence-electron chi connectivity index (χ3n) is 2.54. The highest BCUT2D eigenvalue weighted by atomic mass is 79.9. The van der Waals surface area contributed by atoms with Gasteiger partial charge in [-0.25, -0.2) is 4.39 Å². The van der Waals surface area contributed by atoms with Gasteiger partial charge >= 0.3 is 0 Å². The van der Waals surface area contributed by atoms with Gasteiger partial charge in [-0.2, -0.15) is 0 Å². The molecule has 2 rings (SSSR count). The molecule has 0 aliphatic rings. The van der Waals surface area contributed by atoms with E-state index in [-0.39, 0.29) is 29.3 Å². The molecule has 2 nitrogen and oxygen atoms in total. The molecule has 1 N–H and O–H groups in total. The van der Waals surface area contributed by atoms with Crippen LogP contribution in [0.2, 0.25) is 0 Å². The number of phenols is 1. The number of halogens is 2. The van der Waals surface area contributed by atoms with Crippen molar-refractivity contribution in [1.82, 2.24) is 0 Å². The van der Waals surface area contributed by atoms with Gasteiger partial charge in [0, 0.05) is 10.9 Å². The van der Waals surface area contributed by atoms with Crippen LogP contribution in [0.3, 0.4) is 0 Å². The number of rotatable bonds is 3. The molecule has 0 saturated carbocycles. The second kappa shape index (κ2) is 5.31. The highest BCUT2D eigenvalue weighted by Gasteiger charge is 2.12. The maximum atomic E-state index is 12.7. The molecule has 92 valence electrons. The second-order valence-corrected chi connectivity index (χ2v) is 4.80. The Balaban J connectivity index is 2.21. The van der Waals surface area contributed by atoms with Crippen LogP contribution in [0.25, 0.3) is 0 Å². The van der Waals surface area contributed by atoms with Crippen molar-refractivity contribution in [3.8, 4) is 5.75 Å². The molecule has 0 spiro atoms. The van der Waals surface area contributed by atoms with Gasteiger partial charge in [0.05, 0.1) is 5.56 Å². The predicted molar refractivity (Wildman–Crippen MR) is 70.2 cm³/mol. The lowest BCUT2D eigenvalue weighted by Crippen LogP contribution is -2.04. The molecule has 2 aromatic carbocycles. The zero-order chi connectivity index (χ0) is 13.1. The fourth-order valence-electron chi connectivity index (χ4n) is 1.61. The fourth-order valence-corrected chi connectivity index (χ4v) is 1.98. The van der Waals surface area contributed by atoms with Gasteiger partial charge in [-0.05, 0) is 35.9 Å². The number of ketones is 1. The van der Waals surface area contributed by atoms with Crippen molar-refractivity contribution in [1.29, 1.82) is 0 Å². The molecular formula is C14H10BrFO2. The summed E-state index contributed by atoms with van der Waals surface area (Å²) in [7, 11) is 0. The Kier molecular flexibility index (Phi) is 3.77. The SMILES string of the molecule is O=C(Cc1ccc(F)cc1)c1cc(Br)ccc1O. The van der Waals surface area contributed by atoms with Gasteiger partial charge in [-0.1, -0.05) is 28.1 Å². The number of hydrogen-bond donors (Lipinski definition) is 1. The van der Waals surface area contributed by atoms with Gasteiger partial charge < -0.3 is 5.11 Å². The molecule has 0 heterocycles. The molecule has 0 bridgehead atoms. The molecule has 0 amide bonds. The third kappa shape index (κ3) is 2.96. The average Bonchev–Trinajstić information content (AvgIpc) is 2.35. The van der Waals surface area contributed by atoms with Crippen LogP contribution in [0.1, 0.15) is 15.9 Å². The number of hydrogen-bond acceptors (Lipinski definition) is 2. The molecule has 0 radical (unpaired) electrons. The Bertz CT molecular complexity index is 579. The molecule has 18 heavy (non-hydrogen) atoms. The lowest BCUT2D eigenvalue weighted by molar-refractivity contribution is 0.0990. The smallest absolute Gasteiger partial charge is 0.170 e. The molecule has 0 fully saturated rings. The summed E-state index contributed by atoms with van der Waals surface area (Å²) in [5.74, 6) is -0.595. The molecular weight excluding hydrogens is 299 g/mol. The van der Waals surface area contributed by atoms with Crippen molar-refractivity contribution in [2.45, 2.75) is 6.42 Å². The zero-order valence-electron chi connectivity index (χ0n) is 9.36. The van der Waals surface area contributed by atoms with Crippen molar-refractivity contribution < 1.29 is 14.3 Å². The summed E-state index contributed by atoms with van der Waals surface area (Å²) in [6.45, 7) is 0. The van der Waals surface area contributed by atoms with Crippen LogP contribution in [0.5, 0.6) is 5.75 Å². The average molecular weight is 309 g/mol. The highest BCUT2D eigenvalue weighted by Crippen LogP contribution is 2.23. The van der Waals surface area contributed by atoms with Gasteiger partial charge in [-0.3, -0.25) is 4.79 Å². The van der Waals surface area contributed by atoms with E-state index in [2.05, 4.69) is 15.9 Å². The first-order valence-corrected chi connectivity index (χ1v) is 6.12. The van der Waals surface area contributed by atoms with Gasteiger partial charge in [0.15, 0.2) is 5.78 Å². The first-order chi connectivity index (χ1) is 8.56. The number of phenolic OH excluding ortho intramolecular Hbond substituents is 1. The maximum Gasteiger partial charge on any atom is 0.170 e. The maximum absolute atomic E-state index is 12.7. The molecule has 0 aliphatic heterocycles. The van der Waals surface area contributed by atoms with Gasteiger partial charge in [-0.15, -0.1) is 0 Å². The minimum atomic E-state index is -0.337. The number of carbonyl (C=O) groups is 1. The van der Waals surface area contributed by atoms with Crippen LogP contribution >= 0.6 is 15.9 Å². The standard InChI is InChI=1S/C14H10BrFO2/c15-10-3-6-13(17)12(8-10)14(18)7-9-1-4-11(16)5-2-9/h1-6,8,17H,7H2. The van der Waals surface area contributed by atoms with E-state index in [1.807, 2.05) is 0 Å². The normalized spacial score (nSPS) is 10.3. The first kappa shape index (κ1) is 12.8. The van der Waals surface area contributed by atoms with Crippen LogP contribution in [0.15, 0.2) is 46.9 Å². The highest BCUT2D eigenvalue weighted by molar-refractivity contribution is 9.10. The van der Waals surface area contributed by atoms with Gasteiger partial charge in [0.2, 0.25) is 0 Å². The van der Waals surface area contributed by atoms with E-state index < -0.39 is 0 Å². The molecule has 0 unspecified atom stereocenters. The van der Waals surface area contributed by atoms with Crippen molar-refractivity contribution in [3.05, 3.63) is 63.9 Å². The molecule has 4 heteroatoms. The Hall–Kier alpha value is -1.68. The van der Waals surface area contributed by atoms with Crippen LogP contribution < -0.4 is 0 Å². The number of carbonyl (C=O) groups excluding carboxylic acids is 1. The number of aromatic hydroxyl groups is 1. The summed E-state index contributed by atoms with van der Waals surface area (Å²) in [5, 5.41) is 9.63. The van der Waals surface area contributed by atoms with Crippen molar-refractivity contribution in [3.63, 3.8) is 0 Å². The predicted octanol–water partition coefficient (Wildman–Crippen LogP) is 3.72. The summed E-state index contributed by atoms with van der Waals surface area (Å²) < 4.78 is 13.5. The Morgan fingerprint density at radius 1 is 1.17 bits per heavy atom. The third-order valence-corrected chi connectivity index (χ3v) is 3.03. The van der Waals surface area contributed by atoms with Crippen molar-refractivity contribution in [2.24, 2.45) is 0 Å². The van der Waals surface area contributed by atoms with E-state index in [0.29, 0.717) is 5.56 Å². The summed E-state index contributed by atoms with van der Waals surface area (Å²) in [5.41, 5.74) is 0.967. The summed E-state index contributed by atoms with van der Waals surface area (Å²) in [6.07, 6.45) is 0.129. The topological polar surface area (TPSA) is 37.3 Å². The molecule has 0 saturated heterocycles. The molecule has 0 aromatic heterocycles. The lowest BCUT2D eigenvalue weighted by atomic mass is 10.0. The van der Waals surface area contributed by atoms with Crippen LogP contribution in [0.4, 0.5) is 4.39 Å². The minimum Gasteiger partial charge on any atom is -0.507 e. The van der Waals surface area contributed by atoms with E-state index in [1.54, 1.807) is 24.3 Å². The van der Waals surface area contributed by atoms with E-state index in [9.17, 15) is 14.3 Å². The minimum absolute atomic E-state index is 0.0506. The number of Topliss-reactive ketones (excluding diaryl/α,β-unsaturated/α-hetero) is 1. The molecule has 0 aliphatic carbocycles. The van der Waals surface area contributed by atoms with Gasteiger partial charge in [0.1, 0.15) is 11.6 Å². The Labute approximate surface area is 112 Å². The fraction of sp³-hybridized carbons (Fsp3) is 0.0714. The van der Waals surface area contributed by atoms with Crippen molar-refractivity contribution in [2.75, 3.05) is 0 Å². The zero-order valence-corrected chi connectivity index (χ0v) is 10.9. The van der Waals surface area contributed by atoms with E-state index in [1.165, 1.54) is 18.2 Å². The number of benzene rings is 2. The van der Waals surface area contributed by atoms with E-state index in [4.69, 9.17) is 0 Å². The largest absolute Gasteiger partial charge is 0.507 e. The molecule has 0 atom stereocenters.